The first kappa shape index (κ1) is 16.8. The van der Waals surface area contributed by atoms with Gasteiger partial charge in [0, 0.05) is 18.2 Å². The van der Waals surface area contributed by atoms with Crippen molar-refractivity contribution in [1.29, 1.82) is 0 Å². The number of hydrogen-bond donors (Lipinski definition) is 1. The van der Waals surface area contributed by atoms with Crippen molar-refractivity contribution in [3.63, 3.8) is 0 Å². The predicted octanol–water partition coefficient (Wildman–Crippen LogP) is 4.17. The Bertz CT molecular complexity index is 409. The Balaban J connectivity index is 1.80. The van der Waals surface area contributed by atoms with E-state index in [4.69, 9.17) is 16.3 Å². The van der Waals surface area contributed by atoms with Gasteiger partial charge in [0.25, 0.3) is 0 Å². The molecule has 118 valence electrons. The van der Waals surface area contributed by atoms with Gasteiger partial charge >= 0.3 is 0 Å². The monoisotopic (exact) mass is 309 g/mol. The molecule has 21 heavy (non-hydrogen) atoms. The lowest BCUT2D eigenvalue weighted by Crippen LogP contribution is -2.30. The molecule has 1 aliphatic carbocycles. The van der Waals surface area contributed by atoms with E-state index in [1.165, 1.54) is 18.4 Å². The lowest BCUT2D eigenvalue weighted by atomic mass is 10.00. The Labute approximate surface area is 134 Å². The van der Waals surface area contributed by atoms with Crippen molar-refractivity contribution < 1.29 is 4.74 Å². The molecular formula is C18H28ClNO. The second-order valence-corrected chi connectivity index (χ2v) is 7.17. The molecule has 2 nitrogen and oxygen atoms in total. The molecule has 1 fully saturated rings. The first-order valence-electron chi connectivity index (χ1n) is 8.16. The van der Waals surface area contributed by atoms with Gasteiger partial charge < -0.3 is 10.1 Å². The van der Waals surface area contributed by atoms with E-state index >= 15 is 0 Å². The van der Waals surface area contributed by atoms with E-state index in [9.17, 15) is 0 Å². The summed E-state index contributed by atoms with van der Waals surface area (Å²) in [5.41, 5.74) is 1.30. The van der Waals surface area contributed by atoms with Crippen LogP contribution in [0.5, 0.6) is 0 Å². The van der Waals surface area contributed by atoms with Crippen molar-refractivity contribution in [2.45, 2.75) is 33.1 Å². The molecule has 2 rings (SSSR count). The summed E-state index contributed by atoms with van der Waals surface area (Å²) in [7, 11) is 0. The van der Waals surface area contributed by atoms with E-state index in [2.05, 4.69) is 31.3 Å². The molecule has 1 N–H and O–H groups in total. The molecule has 1 saturated carbocycles. The SMILES string of the molecule is CC(C)CNCC(COCC1CC1)Cc1cccc(Cl)c1. The van der Waals surface area contributed by atoms with Crippen LogP contribution in [0.1, 0.15) is 32.3 Å². The van der Waals surface area contributed by atoms with Gasteiger partial charge in [-0.2, -0.15) is 0 Å². The number of ether oxygens (including phenoxy) is 1. The van der Waals surface area contributed by atoms with Crippen LogP contribution in [-0.2, 0) is 11.2 Å². The quantitative estimate of drug-likeness (QED) is 0.700. The maximum atomic E-state index is 6.08. The van der Waals surface area contributed by atoms with Crippen LogP contribution >= 0.6 is 11.6 Å². The van der Waals surface area contributed by atoms with Crippen molar-refractivity contribution in [2.75, 3.05) is 26.3 Å². The molecule has 1 atom stereocenters. The minimum absolute atomic E-state index is 0.515. The Morgan fingerprint density at radius 1 is 1.29 bits per heavy atom. The number of halogens is 1. The number of nitrogens with one attached hydrogen (secondary N) is 1. The van der Waals surface area contributed by atoms with Crippen molar-refractivity contribution >= 4 is 11.6 Å². The van der Waals surface area contributed by atoms with E-state index in [1.54, 1.807) is 0 Å². The highest BCUT2D eigenvalue weighted by atomic mass is 35.5. The largest absolute Gasteiger partial charge is 0.381 e. The summed E-state index contributed by atoms with van der Waals surface area (Å²) in [6.45, 7) is 8.33. The molecule has 1 unspecified atom stereocenters. The average molecular weight is 310 g/mol. The standard InChI is InChI=1S/C18H28ClNO/c1-14(2)10-20-11-17(13-21-12-15-6-7-15)8-16-4-3-5-18(19)9-16/h3-5,9,14-15,17,20H,6-8,10-13H2,1-2H3. The minimum Gasteiger partial charge on any atom is -0.381 e. The second kappa shape index (κ2) is 8.77. The first-order chi connectivity index (χ1) is 10.1. The molecule has 1 aliphatic rings. The molecule has 0 aromatic heterocycles. The van der Waals surface area contributed by atoms with Crippen LogP contribution < -0.4 is 5.32 Å². The fraction of sp³-hybridized carbons (Fsp3) is 0.667. The fourth-order valence-electron chi connectivity index (χ4n) is 2.45. The van der Waals surface area contributed by atoms with Crippen LogP contribution in [0, 0.1) is 17.8 Å². The van der Waals surface area contributed by atoms with Crippen LogP contribution in [0.25, 0.3) is 0 Å². The van der Waals surface area contributed by atoms with Gasteiger partial charge in [-0.05, 0) is 61.3 Å². The van der Waals surface area contributed by atoms with Crippen molar-refractivity contribution in [3.8, 4) is 0 Å². The molecule has 0 saturated heterocycles. The van der Waals surface area contributed by atoms with Gasteiger partial charge in [0.05, 0.1) is 6.61 Å². The third kappa shape index (κ3) is 7.30. The Hall–Kier alpha value is -0.570. The molecule has 0 spiro atoms. The topological polar surface area (TPSA) is 21.3 Å². The van der Waals surface area contributed by atoms with Crippen LogP contribution in [0.3, 0.4) is 0 Å². The smallest absolute Gasteiger partial charge is 0.0509 e. The molecule has 0 amide bonds. The highest BCUT2D eigenvalue weighted by Gasteiger charge is 2.22. The molecule has 1 aromatic rings. The zero-order valence-electron chi connectivity index (χ0n) is 13.3. The number of hydrogen-bond acceptors (Lipinski definition) is 2. The van der Waals surface area contributed by atoms with Crippen LogP contribution in [0.4, 0.5) is 0 Å². The average Bonchev–Trinajstić information content (AvgIpc) is 3.22. The predicted molar refractivity (Wildman–Crippen MR) is 89.9 cm³/mol. The third-order valence-electron chi connectivity index (χ3n) is 3.80. The zero-order chi connectivity index (χ0) is 15.1. The summed E-state index contributed by atoms with van der Waals surface area (Å²) < 4.78 is 5.91. The molecule has 0 bridgehead atoms. The lowest BCUT2D eigenvalue weighted by Gasteiger charge is -2.19. The number of rotatable bonds is 10. The van der Waals surface area contributed by atoms with Crippen molar-refractivity contribution in [2.24, 2.45) is 17.8 Å². The molecule has 3 heteroatoms. The maximum Gasteiger partial charge on any atom is 0.0509 e. The van der Waals surface area contributed by atoms with E-state index in [-0.39, 0.29) is 0 Å². The van der Waals surface area contributed by atoms with Crippen molar-refractivity contribution in [1.82, 2.24) is 5.32 Å². The summed E-state index contributed by atoms with van der Waals surface area (Å²) >= 11 is 6.08. The van der Waals surface area contributed by atoms with E-state index < -0.39 is 0 Å². The van der Waals surface area contributed by atoms with Gasteiger partial charge in [-0.15, -0.1) is 0 Å². The molecule has 1 aromatic carbocycles. The van der Waals surface area contributed by atoms with Gasteiger partial charge in [0.15, 0.2) is 0 Å². The van der Waals surface area contributed by atoms with Gasteiger partial charge in [0.2, 0.25) is 0 Å². The number of benzene rings is 1. The van der Waals surface area contributed by atoms with E-state index in [0.29, 0.717) is 11.8 Å². The Kier molecular flexibility index (Phi) is 7.01. The highest BCUT2D eigenvalue weighted by Crippen LogP contribution is 2.29. The van der Waals surface area contributed by atoms with Crippen LogP contribution in [0.15, 0.2) is 24.3 Å². The normalized spacial score (nSPS) is 16.4. The molecule has 0 aliphatic heterocycles. The second-order valence-electron chi connectivity index (χ2n) is 6.73. The van der Waals surface area contributed by atoms with Crippen LogP contribution in [-0.4, -0.2) is 26.3 Å². The van der Waals surface area contributed by atoms with Gasteiger partial charge in [-0.25, -0.2) is 0 Å². The van der Waals surface area contributed by atoms with Crippen molar-refractivity contribution in [3.05, 3.63) is 34.9 Å². The first-order valence-corrected chi connectivity index (χ1v) is 8.54. The maximum absolute atomic E-state index is 6.08. The summed E-state index contributed by atoms with van der Waals surface area (Å²) in [5.74, 6) is 2.03. The van der Waals surface area contributed by atoms with Crippen LogP contribution in [0.2, 0.25) is 5.02 Å². The highest BCUT2D eigenvalue weighted by molar-refractivity contribution is 6.30. The summed E-state index contributed by atoms with van der Waals surface area (Å²) in [5, 5.41) is 4.38. The minimum atomic E-state index is 0.515. The third-order valence-corrected chi connectivity index (χ3v) is 4.04. The Morgan fingerprint density at radius 3 is 2.76 bits per heavy atom. The Morgan fingerprint density at radius 2 is 2.10 bits per heavy atom. The van der Waals surface area contributed by atoms with Gasteiger partial charge in [0.1, 0.15) is 0 Å². The van der Waals surface area contributed by atoms with E-state index in [1.807, 2.05) is 12.1 Å². The molecular weight excluding hydrogens is 282 g/mol. The summed E-state index contributed by atoms with van der Waals surface area (Å²) in [6, 6.07) is 8.18. The van der Waals surface area contributed by atoms with Gasteiger partial charge in [-0.3, -0.25) is 0 Å². The summed E-state index contributed by atoms with van der Waals surface area (Å²) in [4.78, 5) is 0. The summed E-state index contributed by atoms with van der Waals surface area (Å²) in [6.07, 6.45) is 3.73. The van der Waals surface area contributed by atoms with E-state index in [0.717, 1.165) is 43.7 Å². The lowest BCUT2D eigenvalue weighted by molar-refractivity contribution is 0.0905. The molecule has 0 radical (unpaired) electrons. The molecule has 0 heterocycles. The zero-order valence-corrected chi connectivity index (χ0v) is 14.0. The fourth-order valence-corrected chi connectivity index (χ4v) is 2.66. The van der Waals surface area contributed by atoms with Gasteiger partial charge in [-0.1, -0.05) is 37.6 Å².